The van der Waals surface area contributed by atoms with Gasteiger partial charge in [-0.1, -0.05) is 0 Å². The molecule has 1 fully saturated rings. The van der Waals surface area contributed by atoms with E-state index in [1.165, 1.54) is 0 Å². The van der Waals surface area contributed by atoms with Crippen LogP contribution < -0.4 is 15.5 Å². The lowest BCUT2D eigenvalue weighted by Crippen LogP contribution is -2.44. The van der Waals surface area contributed by atoms with Gasteiger partial charge in [-0.2, -0.15) is 0 Å². The van der Waals surface area contributed by atoms with Crippen LogP contribution in [0.15, 0.2) is 36.9 Å². The molecule has 3 aromatic heterocycles. The Bertz CT molecular complexity index is 1260. The van der Waals surface area contributed by atoms with Crippen molar-refractivity contribution in [1.29, 1.82) is 0 Å². The van der Waals surface area contributed by atoms with Crippen molar-refractivity contribution >= 4 is 45.1 Å². The van der Waals surface area contributed by atoms with E-state index in [-0.39, 0.29) is 0 Å². The van der Waals surface area contributed by atoms with E-state index in [1.54, 1.807) is 0 Å². The zero-order valence-corrected chi connectivity index (χ0v) is 19.0. The van der Waals surface area contributed by atoms with E-state index in [1.807, 2.05) is 44.0 Å². The van der Waals surface area contributed by atoms with Crippen LogP contribution in [-0.4, -0.2) is 69.7 Å². The third kappa shape index (κ3) is 3.69. The summed E-state index contributed by atoms with van der Waals surface area (Å²) in [7, 11) is 4.10. The highest BCUT2D eigenvalue weighted by atomic mass is 15.3. The molecule has 0 spiro atoms. The number of anilines is 4. The summed E-state index contributed by atoms with van der Waals surface area (Å²) in [5, 5.41) is 7.58. The van der Waals surface area contributed by atoms with Crippen LogP contribution in [0.4, 0.5) is 23.1 Å². The molecule has 0 unspecified atom stereocenters. The highest BCUT2D eigenvalue weighted by Crippen LogP contribution is 2.30. The molecule has 4 heterocycles. The molecule has 9 heteroatoms. The Hall–Kier alpha value is -3.46. The van der Waals surface area contributed by atoms with Crippen LogP contribution in [0.3, 0.4) is 0 Å². The smallest absolute Gasteiger partial charge is 0.228 e. The van der Waals surface area contributed by atoms with Crippen molar-refractivity contribution in [1.82, 2.24) is 29.4 Å². The average Bonchev–Trinajstić information content (AvgIpc) is 3.25. The van der Waals surface area contributed by atoms with Gasteiger partial charge in [0.1, 0.15) is 11.3 Å². The van der Waals surface area contributed by atoms with E-state index in [4.69, 9.17) is 4.98 Å². The molecule has 4 aromatic rings. The van der Waals surface area contributed by atoms with Gasteiger partial charge in [-0.05, 0) is 33.0 Å². The maximum absolute atomic E-state index is 4.83. The molecule has 0 radical (unpaired) electrons. The maximum Gasteiger partial charge on any atom is 0.228 e. The number of imidazole rings is 1. The van der Waals surface area contributed by atoms with E-state index >= 15 is 0 Å². The summed E-state index contributed by atoms with van der Waals surface area (Å²) < 4.78 is 2.15. The molecule has 32 heavy (non-hydrogen) atoms. The predicted octanol–water partition coefficient (Wildman–Crippen LogP) is 3.49. The fourth-order valence-electron chi connectivity index (χ4n) is 4.20. The van der Waals surface area contributed by atoms with Gasteiger partial charge in [0.25, 0.3) is 0 Å². The Morgan fingerprint density at radius 1 is 1.00 bits per heavy atom. The summed E-state index contributed by atoms with van der Waals surface area (Å²) in [6.07, 6.45) is 5.65. The molecule has 0 amide bonds. The van der Waals surface area contributed by atoms with Gasteiger partial charge in [-0.15, -0.1) is 0 Å². The number of piperazine rings is 1. The van der Waals surface area contributed by atoms with Gasteiger partial charge in [0.15, 0.2) is 0 Å². The molecule has 0 atom stereocenters. The second kappa shape index (κ2) is 8.23. The fourth-order valence-corrected chi connectivity index (χ4v) is 4.20. The molecule has 0 aliphatic carbocycles. The van der Waals surface area contributed by atoms with Crippen molar-refractivity contribution in [3.8, 4) is 0 Å². The predicted molar refractivity (Wildman–Crippen MR) is 130 cm³/mol. The van der Waals surface area contributed by atoms with Gasteiger partial charge >= 0.3 is 0 Å². The normalized spacial score (nSPS) is 15.1. The third-order valence-electron chi connectivity index (χ3n) is 6.08. The average molecular weight is 432 g/mol. The van der Waals surface area contributed by atoms with E-state index in [2.05, 4.69) is 60.8 Å². The molecule has 1 aliphatic rings. The van der Waals surface area contributed by atoms with Gasteiger partial charge in [0.2, 0.25) is 5.95 Å². The van der Waals surface area contributed by atoms with Crippen molar-refractivity contribution in [2.24, 2.45) is 0 Å². The van der Waals surface area contributed by atoms with Crippen molar-refractivity contribution < 1.29 is 0 Å². The summed E-state index contributed by atoms with van der Waals surface area (Å²) in [6.45, 7) is 8.38. The van der Waals surface area contributed by atoms with E-state index in [0.717, 1.165) is 59.5 Å². The van der Waals surface area contributed by atoms with Crippen molar-refractivity contribution in [2.45, 2.75) is 19.9 Å². The molecule has 2 N–H and O–H groups in total. The Balaban J connectivity index is 1.47. The van der Waals surface area contributed by atoms with Crippen LogP contribution in [0, 0.1) is 0 Å². The van der Waals surface area contributed by atoms with Gasteiger partial charge in [-0.25, -0.2) is 19.9 Å². The summed E-state index contributed by atoms with van der Waals surface area (Å²) >= 11 is 0. The van der Waals surface area contributed by atoms with E-state index in [0.29, 0.717) is 17.8 Å². The van der Waals surface area contributed by atoms with Crippen molar-refractivity contribution in [3.05, 3.63) is 36.9 Å². The molecule has 9 nitrogen and oxygen atoms in total. The third-order valence-corrected chi connectivity index (χ3v) is 6.08. The number of fused-ring (bicyclic) bond motifs is 3. The lowest BCUT2D eigenvalue weighted by atomic mass is 10.2. The Morgan fingerprint density at radius 2 is 1.81 bits per heavy atom. The number of rotatable bonds is 5. The van der Waals surface area contributed by atoms with Gasteiger partial charge in [0, 0.05) is 56.9 Å². The van der Waals surface area contributed by atoms with Gasteiger partial charge in [-0.3, -0.25) is 0 Å². The molecule has 1 aromatic carbocycles. The first kappa shape index (κ1) is 20.4. The number of hydrogen-bond donors (Lipinski definition) is 2. The Labute approximate surface area is 187 Å². The second-order valence-electron chi connectivity index (χ2n) is 8.56. The quantitative estimate of drug-likeness (QED) is 0.497. The lowest BCUT2D eigenvalue weighted by Gasteiger charge is -2.34. The number of aromatic nitrogens is 5. The van der Waals surface area contributed by atoms with Crippen LogP contribution in [0.25, 0.3) is 21.9 Å². The zero-order chi connectivity index (χ0) is 22.2. The minimum atomic E-state index is 0.291. The summed E-state index contributed by atoms with van der Waals surface area (Å²) in [4.78, 5) is 23.3. The van der Waals surface area contributed by atoms with Crippen molar-refractivity contribution in [2.75, 3.05) is 55.8 Å². The summed E-state index contributed by atoms with van der Waals surface area (Å²) in [6, 6.07) is 6.34. The van der Waals surface area contributed by atoms with Crippen LogP contribution in [0.1, 0.15) is 19.9 Å². The van der Waals surface area contributed by atoms with Crippen LogP contribution >= 0.6 is 0 Å². The standard InChI is InChI=1S/C23H29N9/c1-15(2)32-14-27-17-6-5-16-12-26-23(29-21(16)22(17)32)28-20-11-18(24-3)19(13-25-20)31-9-7-30(4)8-10-31/h5-6,11-15H,7-10H2,1-4H3,(H2,24,25,26,28,29). The minimum absolute atomic E-state index is 0.291. The molecule has 5 rings (SSSR count). The van der Waals surface area contributed by atoms with Gasteiger partial charge in [0.05, 0.1) is 34.9 Å². The Kier molecular flexibility index (Phi) is 5.26. The molecule has 1 aliphatic heterocycles. The fraction of sp³-hybridized carbons (Fsp3) is 0.391. The first-order valence-electron chi connectivity index (χ1n) is 11.0. The minimum Gasteiger partial charge on any atom is -0.386 e. The zero-order valence-electron chi connectivity index (χ0n) is 19.0. The molecule has 0 bridgehead atoms. The topological polar surface area (TPSA) is 87.0 Å². The molecule has 166 valence electrons. The monoisotopic (exact) mass is 431 g/mol. The van der Waals surface area contributed by atoms with Gasteiger partial charge < -0.3 is 25.0 Å². The SMILES string of the molecule is CNc1cc(Nc2ncc3ccc4ncn(C(C)C)c4c3n2)ncc1N1CCN(C)CC1. The number of benzene rings is 1. The summed E-state index contributed by atoms with van der Waals surface area (Å²) in [5.41, 5.74) is 5.00. The lowest BCUT2D eigenvalue weighted by molar-refractivity contribution is 0.313. The second-order valence-corrected chi connectivity index (χ2v) is 8.56. The summed E-state index contributed by atoms with van der Waals surface area (Å²) in [5.74, 6) is 1.22. The van der Waals surface area contributed by atoms with Crippen LogP contribution in [-0.2, 0) is 0 Å². The molecule has 1 saturated heterocycles. The number of nitrogens with zero attached hydrogens (tertiary/aromatic N) is 7. The highest BCUT2D eigenvalue weighted by molar-refractivity contribution is 6.02. The van der Waals surface area contributed by atoms with E-state index < -0.39 is 0 Å². The van der Waals surface area contributed by atoms with Crippen molar-refractivity contribution in [3.63, 3.8) is 0 Å². The number of likely N-dealkylation sites (N-methyl/N-ethyl adjacent to an activating group) is 1. The first-order valence-corrected chi connectivity index (χ1v) is 11.0. The largest absolute Gasteiger partial charge is 0.386 e. The number of pyridine rings is 1. The van der Waals surface area contributed by atoms with Crippen LogP contribution in [0.2, 0.25) is 0 Å². The van der Waals surface area contributed by atoms with E-state index in [9.17, 15) is 0 Å². The maximum atomic E-state index is 4.83. The molecule has 0 saturated carbocycles. The number of hydrogen-bond acceptors (Lipinski definition) is 8. The number of nitrogens with one attached hydrogen (secondary N) is 2. The van der Waals surface area contributed by atoms with Crippen LogP contribution in [0.5, 0.6) is 0 Å². The molecular formula is C23H29N9. The first-order chi connectivity index (χ1) is 15.5. The Morgan fingerprint density at radius 3 is 2.56 bits per heavy atom. The highest BCUT2D eigenvalue weighted by Gasteiger charge is 2.18. The molecular weight excluding hydrogens is 402 g/mol.